The number of benzene rings is 1. The maximum absolute atomic E-state index is 12.1. The van der Waals surface area contributed by atoms with Crippen LogP contribution in [0.15, 0.2) is 18.2 Å². The monoisotopic (exact) mass is 345 g/mol. The number of aliphatic hydroxyl groups is 1. The molecule has 5 nitrogen and oxygen atoms in total. The minimum atomic E-state index is -0.111. The molecule has 122 valence electrons. The molecule has 0 bridgehead atoms. The molecular formula is C15H21Cl2N3O2. The predicted molar refractivity (Wildman–Crippen MR) is 89.7 cm³/mol. The first kappa shape index (κ1) is 17.5. The van der Waals surface area contributed by atoms with Crippen molar-refractivity contribution in [2.45, 2.75) is 12.5 Å². The van der Waals surface area contributed by atoms with Crippen LogP contribution in [-0.4, -0.2) is 66.7 Å². The second-order valence-electron chi connectivity index (χ2n) is 5.56. The van der Waals surface area contributed by atoms with Crippen LogP contribution in [-0.2, 0) is 4.79 Å². The van der Waals surface area contributed by atoms with Crippen molar-refractivity contribution >= 4 is 34.8 Å². The van der Waals surface area contributed by atoms with Crippen LogP contribution in [0.4, 0.5) is 5.69 Å². The molecule has 1 saturated heterocycles. The Morgan fingerprint density at radius 1 is 1.41 bits per heavy atom. The molecule has 0 unspecified atom stereocenters. The Balaban J connectivity index is 1.86. The van der Waals surface area contributed by atoms with Gasteiger partial charge in [0.2, 0.25) is 5.91 Å². The summed E-state index contributed by atoms with van der Waals surface area (Å²) in [7, 11) is 2.04. The first-order valence-electron chi connectivity index (χ1n) is 7.28. The number of aliphatic hydroxyl groups excluding tert-OH is 1. The third-order valence-corrected chi connectivity index (χ3v) is 4.41. The van der Waals surface area contributed by atoms with E-state index < -0.39 is 0 Å². The minimum Gasteiger partial charge on any atom is -0.395 e. The van der Waals surface area contributed by atoms with Crippen LogP contribution in [0.5, 0.6) is 0 Å². The van der Waals surface area contributed by atoms with E-state index in [2.05, 4.69) is 15.1 Å². The van der Waals surface area contributed by atoms with Crippen molar-refractivity contribution in [2.24, 2.45) is 0 Å². The zero-order chi connectivity index (χ0) is 16.1. The van der Waals surface area contributed by atoms with Crippen molar-refractivity contribution in [1.29, 1.82) is 0 Å². The SMILES string of the molecule is CN1CCN(CCC(=O)Nc2cc(Cl)ccc2Cl)[C@@H](CO)C1. The number of hydrogen-bond acceptors (Lipinski definition) is 4. The highest BCUT2D eigenvalue weighted by Crippen LogP contribution is 2.25. The van der Waals surface area contributed by atoms with Gasteiger partial charge >= 0.3 is 0 Å². The van der Waals surface area contributed by atoms with Gasteiger partial charge in [-0.2, -0.15) is 0 Å². The lowest BCUT2D eigenvalue weighted by Crippen LogP contribution is -2.53. The molecule has 22 heavy (non-hydrogen) atoms. The molecule has 0 saturated carbocycles. The van der Waals surface area contributed by atoms with Gasteiger partial charge in [-0.1, -0.05) is 23.2 Å². The highest BCUT2D eigenvalue weighted by molar-refractivity contribution is 6.35. The highest BCUT2D eigenvalue weighted by atomic mass is 35.5. The smallest absolute Gasteiger partial charge is 0.225 e. The number of carbonyl (C=O) groups is 1. The number of piperazine rings is 1. The Hall–Kier alpha value is -0.850. The summed E-state index contributed by atoms with van der Waals surface area (Å²) >= 11 is 11.9. The van der Waals surface area contributed by atoms with Gasteiger partial charge in [0.15, 0.2) is 0 Å². The standard InChI is InChI=1S/C15H21Cl2N3O2/c1-19-6-7-20(12(9-19)10-21)5-4-15(22)18-14-8-11(16)2-3-13(14)17/h2-3,8,12,21H,4-7,9-10H2,1H3,(H,18,22)/t12-/m1/s1. The number of nitrogens with one attached hydrogen (secondary N) is 1. The number of likely N-dealkylation sites (N-methyl/N-ethyl adjacent to an activating group) is 1. The molecule has 0 spiro atoms. The van der Waals surface area contributed by atoms with Crippen molar-refractivity contribution < 1.29 is 9.90 Å². The molecule has 0 aliphatic carbocycles. The normalized spacial score (nSPS) is 20.1. The maximum atomic E-state index is 12.1. The van der Waals surface area contributed by atoms with Crippen LogP contribution in [0, 0.1) is 0 Å². The number of halogens is 2. The van der Waals surface area contributed by atoms with Crippen LogP contribution >= 0.6 is 23.2 Å². The number of hydrogen-bond donors (Lipinski definition) is 2. The summed E-state index contributed by atoms with van der Waals surface area (Å²) in [4.78, 5) is 16.4. The van der Waals surface area contributed by atoms with Crippen molar-refractivity contribution in [1.82, 2.24) is 9.80 Å². The third kappa shape index (κ3) is 4.83. The van der Waals surface area contributed by atoms with Gasteiger partial charge < -0.3 is 15.3 Å². The molecule has 1 amide bonds. The summed E-state index contributed by atoms with van der Waals surface area (Å²) in [5, 5.41) is 13.2. The van der Waals surface area contributed by atoms with E-state index in [1.807, 2.05) is 7.05 Å². The van der Waals surface area contributed by atoms with E-state index in [4.69, 9.17) is 23.2 Å². The van der Waals surface area contributed by atoms with E-state index in [1.165, 1.54) is 0 Å². The van der Waals surface area contributed by atoms with Gasteiger partial charge in [-0.3, -0.25) is 9.69 Å². The lowest BCUT2D eigenvalue weighted by atomic mass is 10.1. The first-order valence-corrected chi connectivity index (χ1v) is 8.03. The van der Waals surface area contributed by atoms with Gasteiger partial charge in [0, 0.05) is 43.7 Å². The van der Waals surface area contributed by atoms with E-state index >= 15 is 0 Å². The fraction of sp³-hybridized carbons (Fsp3) is 0.533. The molecule has 1 aromatic carbocycles. The summed E-state index contributed by atoms with van der Waals surface area (Å²) in [6.07, 6.45) is 0.350. The fourth-order valence-corrected chi connectivity index (χ4v) is 2.90. The number of amides is 1. The lowest BCUT2D eigenvalue weighted by molar-refractivity contribution is -0.116. The second-order valence-corrected chi connectivity index (χ2v) is 6.40. The average molecular weight is 346 g/mol. The number of nitrogens with zero attached hydrogens (tertiary/aromatic N) is 2. The summed E-state index contributed by atoms with van der Waals surface area (Å²) in [6, 6.07) is 5.05. The fourth-order valence-electron chi connectivity index (χ4n) is 2.57. The zero-order valence-corrected chi connectivity index (χ0v) is 14.1. The first-order chi connectivity index (χ1) is 10.5. The van der Waals surface area contributed by atoms with Crippen LogP contribution in [0.25, 0.3) is 0 Å². The predicted octanol–water partition coefficient (Wildman–Crippen LogP) is 1.93. The molecule has 0 radical (unpaired) electrons. The van der Waals surface area contributed by atoms with Crippen molar-refractivity contribution in [3.63, 3.8) is 0 Å². The highest BCUT2D eigenvalue weighted by Gasteiger charge is 2.24. The molecule has 1 aliphatic rings. The molecule has 1 aromatic rings. The van der Waals surface area contributed by atoms with E-state index in [0.29, 0.717) is 28.7 Å². The van der Waals surface area contributed by atoms with Crippen LogP contribution in [0.3, 0.4) is 0 Å². The summed E-state index contributed by atoms with van der Waals surface area (Å²) in [5.41, 5.74) is 0.524. The van der Waals surface area contributed by atoms with Gasteiger partial charge in [-0.25, -0.2) is 0 Å². The van der Waals surface area contributed by atoms with Crippen molar-refractivity contribution in [2.75, 3.05) is 45.2 Å². The number of rotatable bonds is 5. The summed E-state index contributed by atoms with van der Waals surface area (Å²) in [5.74, 6) is -0.111. The number of carbonyl (C=O) groups excluding carboxylic acids is 1. The Morgan fingerprint density at radius 3 is 2.91 bits per heavy atom. The van der Waals surface area contributed by atoms with Crippen LogP contribution < -0.4 is 5.32 Å². The molecule has 7 heteroatoms. The molecule has 1 atom stereocenters. The maximum Gasteiger partial charge on any atom is 0.225 e. The molecule has 2 rings (SSSR count). The number of anilines is 1. The van der Waals surface area contributed by atoms with E-state index in [9.17, 15) is 9.90 Å². The molecule has 1 heterocycles. The van der Waals surface area contributed by atoms with Crippen molar-refractivity contribution in [3.05, 3.63) is 28.2 Å². The Labute approximate surface area is 140 Å². The lowest BCUT2D eigenvalue weighted by Gasteiger charge is -2.39. The van der Waals surface area contributed by atoms with Crippen LogP contribution in [0.2, 0.25) is 10.0 Å². The summed E-state index contributed by atoms with van der Waals surface area (Å²) in [6.45, 7) is 3.33. The van der Waals surface area contributed by atoms with Gasteiger partial charge in [0.25, 0.3) is 0 Å². The zero-order valence-electron chi connectivity index (χ0n) is 12.6. The molecule has 2 N–H and O–H groups in total. The van der Waals surface area contributed by atoms with Gasteiger partial charge in [-0.05, 0) is 25.2 Å². The quantitative estimate of drug-likeness (QED) is 0.856. The second kappa shape index (κ2) is 8.13. The minimum absolute atomic E-state index is 0.0845. The molecule has 1 fully saturated rings. The van der Waals surface area contributed by atoms with Gasteiger partial charge in [-0.15, -0.1) is 0 Å². The van der Waals surface area contributed by atoms with E-state index in [0.717, 1.165) is 19.6 Å². The van der Waals surface area contributed by atoms with Gasteiger partial charge in [0.1, 0.15) is 0 Å². The van der Waals surface area contributed by atoms with E-state index in [-0.39, 0.29) is 18.6 Å². The third-order valence-electron chi connectivity index (χ3n) is 3.85. The van der Waals surface area contributed by atoms with Crippen LogP contribution in [0.1, 0.15) is 6.42 Å². The Morgan fingerprint density at radius 2 is 2.18 bits per heavy atom. The van der Waals surface area contributed by atoms with E-state index in [1.54, 1.807) is 18.2 Å². The molecule has 1 aliphatic heterocycles. The largest absolute Gasteiger partial charge is 0.395 e. The topological polar surface area (TPSA) is 55.8 Å². The molecular weight excluding hydrogens is 325 g/mol. The average Bonchev–Trinajstić information content (AvgIpc) is 2.49. The summed E-state index contributed by atoms with van der Waals surface area (Å²) < 4.78 is 0. The molecule has 0 aromatic heterocycles. The van der Waals surface area contributed by atoms with Crippen molar-refractivity contribution in [3.8, 4) is 0 Å². The Kier molecular flexibility index (Phi) is 6.47. The Bertz CT molecular complexity index is 528. The van der Waals surface area contributed by atoms with Gasteiger partial charge in [0.05, 0.1) is 17.3 Å².